The molecule has 0 spiro atoms. The lowest BCUT2D eigenvalue weighted by Gasteiger charge is -2.31. The van der Waals surface area contributed by atoms with Crippen LogP contribution in [0.4, 0.5) is 0 Å². The van der Waals surface area contributed by atoms with Gasteiger partial charge in [-0.1, -0.05) is 6.07 Å². The number of methoxy groups -OCH3 is 1. The lowest BCUT2D eigenvalue weighted by atomic mass is 9.94. The predicted molar refractivity (Wildman–Crippen MR) is 88.0 cm³/mol. The van der Waals surface area contributed by atoms with E-state index in [0.29, 0.717) is 11.1 Å². The van der Waals surface area contributed by atoms with Crippen LogP contribution in [0.25, 0.3) is 0 Å². The first-order chi connectivity index (χ1) is 12.2. The van der Waals surface area contributed by atoms with E-state index in [1.54, 1.807) is 0 Å². The van der Waals surface area contributed by atoms with Crippen LogP contribution in [0.15, 0.2) is 30.3 Å². The Hall–Kier alpha value is -2.69. The van der Waals surface area contributed by atoms with Crippen LogP contribution in [0.3, 0.4) is 0 Å². The van der Waals surface area contributed by atoms with Gasteiger partial charge in [-0.3, -0.25) is 4.55 Å². The molecule has 9 nitrogen and oxygen atoms in total. The van der Waals surface area contributed by atoms with Gasteiger partial charge in [-0.25, -0.2) is 0 Å². The van der Waals surface area contributed by atoms with Crippen LogP contribution in [0.1, 0.15) is 17.2 Å². The topological polar surface area (TPSA) is 143 Å². The standard InChI is InChI=1S/C16H16O9S/c1-23-15-4-8(2-3-13(15)25-26(20,21)22)16-12(19)7-10-11(18)5-9(17)6-14(10)24-16/h2-6,12,16-19H,7H2,1H3,(H,20,21,22)/t12-,16-/m1/s1. The maximum atomic E-state index is 10.9. The van der Waals surface area contributed by atoms with E-state index in [1.165, 1.54) is 31.4 Å². The summed E-state index contributed by atoms with van der Waals surface area (Å²) in [6.45, 7) is 0. The van der Waals surface area contributed by atoms with Crippen LogP contribution in [0.2, 0.25) is 0 Å². The third-order valence-electron chi connectivity index (χ3n) is 3.90. The zero-order valence-corrected chi connectivity index (χ0v) is 14.3. The maximum absolute atomic E-state index is 10.9. The van der Waals surface area contributed by atoms with Gasteiger partial charge in [0.15, 0.2) is 11.5 Å². The van der Waals surface area contributed by atoms with Crippen molar-refractivity contribution in [3.05, 3.63) is 41.5 Å². The molecule has 0 bridgehead atoms. The van der Waals surface area contributed by atoms with E-state index < -0.39 is 22.6 Å². The number of hydrogen-bond donors (Lipinski definition) is 4. The Morgan fingerprint density at radius 2 is 1.88 bits per heavy atom. The fourth-order valence-corrected chi connectivity index (χ4v) is 3.16. The zero-order chi connectivity index (χ0) is 19.1. The number of aliphatic hydroxyl groups is 1. The lowest BCUT2D eigenvalue weighted by molar-refractivity contribution is 0.0197. The summed E-state index contributed by atoms with van der Waals surface area (Å²) >= 11 is 0. The number of benzene rings is 2. The number of phenols is 2. The molecule has 0 amide bonds. The Morgan fingerprint density at radius 1 is 1.15 bits per heavy atom. The number of ether oxygens (including phenoxy) is 2. The van der Waals surface area contributed by atoms with Gasteiger partial charge in [-0.15, -0.1) is 0 Å². The molecule has 4 N–H and O–H groups in total. The molecule has 10 heteroatoms. The largest absolute Gasteiger partial charge is 0.508 e. The van der Waals surface area contributed by atoms with E-state index >= 15 is 0 Å². The third kappa shape index (κ3) is 3.62. The molecule has 2 aromatic carbocycles. The molecule has 2 atom stereocenters. The fourth-order valence-electron chi connectivity index (χ4n) is 2.79. The first kappa shape index (κ1) is 18.1. The average Bonchev–Trinajstić information content (AvgIpc) is 2.54. The van der Waals surface area contributed by atoms with Gasteiger partial charge in [0.1, 0.15) is 23.4 Å². The van der Waals surface area contributed by atoms with Crippen molar-refractivity contribution in [1.82, 2.24) is 0 Å². The van der Waals surface area contributed by atoms with Gasteiger partial charge >= 0.3 is 10.4 Å². The van der Waals surface area contributed by atoms with Gasteiger partial charge in [0.2, 0.25) is 0 Å². The minimum absolute atomic E-state index is 0.000443. The van der Waals surface area contributed by atoms with Gasteiger partial charge < -0.3 is 29.0 Å². The fraction of sp³-hybridized carbons (Fsp3) is 0.250. The highest BCUT2D eigenvalue weighted by Gasteiger charge is 2.32. The molecular formula is C16H16O9S. The molecule has 0 saturated carbocycles. The summed E-state index contributed by atoms with van der Waals surface area (Å²) in [6.07, 6.45) is -1.80. The molecule has 1 aliphatic rings. The highest BCUT2D eigenvalue weighted by atomic mass is 32.3. The van der Waals surface area contributed by atoms with Crippen LogP contribution < -0.4 is 13.7 Å². The molecule has 2 aromatic rings. The molecule has 0 unspecified atom stereocenters. The summed E-state index contributed by atoms with van der Waals surface area (Å²) in [7, 11) is -3.45. The van der Waals surface area contributed by atoms with Crippen LogP contribution in [0.5, 0.6) is 28.7 Å². The summed E-state index contributed by atoms with van der Waals surface area (Å²) in [5, 5.41) is 29.8. The van der Waals surface area contributed by atoms with Gasteiger partial charge in [0.25, 0.3) is 0 Å². The minimum atomic E-state index is -4.72. The Kier molecular flexibility index (Phi) is 4.57. The van der Waals surface area contributed by atoms with Crippen LogP contribution >= 0.6 is 0 Å². The summed E-state index contributed by atoms with van der Waals surface area (Å²) < 4.78 is 45.7. The van der Waals surface area contributed by atoms with Crippen molar-refractivity contribution in [2.75, 3.05) is 7.11 Å². The second-order valence-electron chi connectivity index (χ2n) is 5.67. The second kappa shape index (κ2) is 6.56. The highest BCUT2D eigenvalue weighted by molar-refractivity contribution is 7.81. The number of hydrogen-bond acceptors (Lipinski definition) is 8. The summed E-state index contributed by atoms with van der Waals surface area (Å²) in [5.41, 5.74) is 0.801. The van der Waals surface area contributed by atoms with Crippen molar-refractivity contribution in [1.29, 1.82) is 0 Å². The van der Waals surface area contributed by atoms with Gasteiger partial charge in [0.05, 0.1) is 13.2 Å². The van der Waals surface area contributed by atoms with E-state index in [1.807, 2.05) is 0 Å². The average molecular weight is 384 g/mol. The van der Waals surface area contributed by atoms with Crippen molar-refractivity contribution in [2.24, 2.45) is 0 Å². The molecule has 1 aliphatic heterocycles. The molecule has 1 heterocycles. The quantitative estimate of drug-likeness (QED) is 0.574. The molecule has 0 radical (unpaired) electrons. The Balaban J connectivity index is 1.96. The van der Waals surface area contributed by atoms with Crippen LogP contribution in [-0.4, -0.2) is 41.5 Å². The Bertz CT molecular complexity index is 939. The molecule has 3 rings (SSSR count). The molecule has 140 valence electrons. The van der Waals surface area contributed by atoms with Gasteiger partial charge in [-0.2, -0.15) is 8.42 Å². The van der Waals surface area contributed by atoms with Gasteiger partial charge in [0, 0.05) is 24.1 Å². The van der Waals surface area contributed by atoms with E-state index in [2.05, 4.69) is 4.18 Å². The first-order valence-electron chi connectivity index (χ1n) is 7.42. The van der Waals surface area contributed by atoms with Gasteiger partial charge in [-0.05, 0) is 17.7 Å². The number of phenolic OH excluding ortho intramolecular Hbond substituents is 2. The molecule has 0 saturated heterocycles. The van der Waals surface area contributed by atoms with Crippen LogP contribution in [0, 0.1) is 0 Å². The van der Waals surface area contributed by atoms with E-state index in [9.17, 15) is 23.7 Å². The zero-order valence-electron chi connectivity index (χ0n) is 13.5. The first-order valence-corrected chi connectivity index (χ1v) is 8.79. The minimum Gasteiger partial charge on any atom is -0.508 e. The second-order valence-corrected chi connectivity index (χ2v) is 6.69. The van der Waals surface area contributed by atoms with Crippen molar-refractivity contribution in [2.45, 2.75) is 18.6 Å². The summed E-state index contributed by atoms with van der Waals surface area (Å²) in [6, 6.07) is 6.54. The SMILES string of the molecule is COc1cc([C@H]2Oc3cc(O)cc(O)c3C[C@H]2O)ccc1OS(=O)(=O)O. The lowest BCUT2D eigenvalue weighted by Crippen LogP contribution is -2.30. The highest BCUT2D eigenvalue weighted by Crippen LogP contribution is 2.43. The number of aliphatic hydroxyl groups excluding tert-OH is 1. The van der Waals surface area contributed by atoms with E-state index in [-0.39, 0.29) is 35.2 Å². The molecular weight excluding hydrogens is 368 g/mol. The molecule has 26 heavy (non-hydrogen) atoms. The molecule has 0 aliphatic carbocycles. The maximum Gasteiger partial charge on any atom is 0.446 e. The van der Waals surface area contributed by atoms with Crippen molar-refractivity contribution in [3.8, 4) is 28.7 Å². The predicted octanol–water partition coefficient (Wildman–Crippen LogP) is 1.33. The normalized spacial score (nSPS) is 19.3. The number of rotatable bonds is 4. The Labute approximate surface area is 149 Å². The van der Waals surface area contributed by atoms with E-state index in [0.717, 1.165) is 6.07 Å². The monoisotopic (exact) mass is 384 g/mol. The van der Waals surface area contributed by atoms with Crippen LogP contribution in [-0.2, 0) is 16.8 Å². The third-order valence-corrected chi connectivity index (χ3v) is 4.29. The molecule has 0 aromatic heterocycles. The van der Waals surface area contributed by atoms with Crippen molar-refractivity contribution in [3.63, 3.8) is 0 Å². The number of fused-ring (bicyclic) bond motifs is 1. The summed E-state index contributed by atoms with van der Waals surface area (Å²) in [5.74, 6) is -0.395. The Morgan fingerprint density at radius 3 is 2.54 bits per heavy atom. The smallest absolute Gasteiger partial charge is 0.446 e. The molecule has 0 fully saturated rings. The number of aromatic hydroxyl groups is 2. The van der Waals surface area contributed by atoms with E-state index in [4.69, 9.17) is 14.0 Å². The summed E-state index contributed by atoms with van der Waals surface area (Å²) in [4.78, 5) is 0. The van der Waals surface area contributed by atoms with Crippen molar-refractivity contribution >= 4 is 10.4 Å². The van der Waals surface area contributed by atoms with Crippen molar-refractivity contribution < 1.29 is 41.9 Å².